The molecule has 2 rings (SSSR count). The van der Waals surface area contributed by atoms with Crippen molar-refractivity contribution in [1.29, 1.82) is 0 Å². The number of nitrogen functional groups attached to an aromatic ring is 1. The van der Waals surface area contributed by atoms with E-state index in [-0.39, 0.29) is 23.2 Å². The summed E-state index contributed by atoms with van der Waals surface area (Å²) < 4.78 is 0. The average Bonchev–Trinajstić information content (AvgIpc) is 2.46. The van der Waals surface area contributed by atoms with E-state index < -0.39 is 0 Å². The number of hydrogen-bond acceptors (Lipinski definition) is 5. The highest BCUT2D eigenvalue weighted by Crippen LogP contribution is 2.18. The van der Waals surface area contributed by atoms with Gasteiger partial charge in [0.25, 0.3) is 5.56 Å². The van der Waals surface area contributed by atoms with Crippen LogP contribution >= 0.6 is 0 Å². The molecule has 1 fully saturated rings. The predicted octanol–water partition coefficient (Wildman–Crippen LogP) is 0.131. The van der Waals surface area contributed by atoms with Gasteiger partial charge in [-0.15, -0.1) is 0 Å². The van der Waals surface area contributed by atoms with Crippen LogP contribution in [0.1, 0.15) is 32.5 Å². The van der Waals surface area contributed by atoms with E-state index in [0.29, 0.717) is 24.8 Å². The molecule has 122 valence electrons. The van der Waals surface area contributed by atoms with Crippen LogP contribution in [0.2, 0.25) is 0 Å². The van der Waals surface area contributed by atoms with Crippen molar-refractivity contribution in [3.8, 4) is 0 Å². The number of nitrogens with zero attached hydrogens (tertiary/aromatic N) is 2. The highest BCUT2D eigenvalue weighted by molar-refractivity contribution is 5.78. The number of carbonyl (C=O) groups excluding carboxylic acids is 1. The molecule has 1 aliphatic rings. The molecule has 0 radical (unpaired) electrons. The molecular weight excluding hydrogens is 282 g/mol. The lowest BCUT2D eigenvalue weighted by molar-refractivity contribution is -0.126. The van der Waals surface area contributed by atoms with Crippen molar-refractivity contribution in [3.63, 3.8) is 0 Å². The maximum Gasteiger partial charge on any atom is 0.252 e. The van der Waals surface area contributed by atoms with Crippen LogP contribution in [-0.4, -0.2) is 46.5 Å². The largest absolute Gasteiger partial charge is 0.383 e. The fraction of sp³-hybridized carbons (Fsp3) is 0.667. The second-order valence-electron chi connectivity index (χ2n) is 6.09. The highest BCUT2D eigenvalue weighted by Gasteiger charge is 2.26. The summed E-state index contributed by atoms with van der Waals surface area (Å²) in [6, 6.07) is 1.71. The van der Waals surface area contributed by atoms with Crippen molar-refractivity contribution >= 4 is 11.7 Å². The van der Waals surface area contributed by atoms with Gasteiger partial charge in [-0.3, -0.25) is 9.59 Å². The molecule has 22 heavy (non-hydrogen) atoms. The monoisotopic (exact) mass is 307 g/mol. The third kappa shape index (κ3) is 4.56. The first-order chi connectivity index (χ1) is 10.5. The van der Waals surface area contributed by atoms with Crippen LogP contribution in [0.3, 0.4) is 0 Å². The van der Waals surface area contributed by atoms with Gasteiger partial charge in [-0.05, 0) is 33.2 Å². The minimum atomic E-state index is -0.270. The number of anilines is 1. The second-order valence-corrected chi connectivity index (χ2v) is 6.09. The van der Waals surface area contributed by atoms with Gasteiger partial charge in [-0.25, -0.2) is 4.98 Å². The number of nitrogens with two attached hydrogens (primary N) is 1. The highest BCUT2D eigenvalue weighted by atomic mass is 16.2. The van der Waals surface area contributed by atoms with Gasteiger partial charge >= 0.3 is 0 Å². The summed E-state index contributed by atoms with van der Waals surface area (Å²) in [5.41, 5.74) is 5.26. The molecule has 1 aromatic heterocycles. The molecular formula is C15H25N5O2. The van der Waals surface area contributed by atoms with Crippen molar-refractivity contribution < 1.29 is 4.79 Å². The maximum absolute atomic E-state index is 12.2. The van der Waals surface area contributed by atoms with Gasteiger partial charge in [-0.1, -0.05) is 0 Å². The first-order valence-corrected chi connectivity index (χ1v) is 7.83. The number of amides is 1. The molecule has 1 aliphatic heterocycles. The Morgan fingerprint density at radius 2 is 2.36 bits per heavy atom. The predicted molar refractivity (Wildman–Crippen MR) is 85.4 cm³/mol. The van der Waals surface area contributed by atoms with Gasteiger partial charge in [0.2, 0.25) is 5.91 Å². The molecule has 0 aliphatic carbocycles. The third-order valence-electron chi connectivity index (χ3n) is 4.03. The summed E-state index contributed by atoms with van der Waals surface area (Å²) in [6.45, 7) is 6.64. The molecule has 0 aromatic carbocycles. The minimum absolute atomic E-state index is 0.0454. The molecule has 0 unspecified atom stereocenters. The lowest BCUT2D eigenvalue weighted by Gasteiger charge is -2.34. The summed E-state index contributed by atoms with van der Waals surface area (Å²) >= 11 is 0. The first-order valence-electron chi connectivity index (χ1n) is 7.83. The number of carbonyl (C=O) groups is 1. The van der Waals surface area contributed by atoms with Crippen molar-refractivity contribution in [2.75, 3.05) is 25.4 Å². The quantitative estimate of drug-likeness (QED) is 0.717. The smallest absolute Gasteiger partial charge is 0.252 e. The molecule has 1 saturated heterocycles. The van der Waals surface area contributed by atoms with Crippen LogP contribution in [0.15, 0.2) is 10.9 Å². The van der Waals surface area contributed by atoms with E-state index in [1.807, 2.05) is 0 Å². The van der Waals surface area contributed by atoms with E-state index in [9.17, 15) is 9.59 Å². The summed E-state index contributed by atoms with van der Waals surface area (Å²) in [4.78, 5) is 32.5. The van der Waals surface area contributed by atoms with Crippen molar-refractivity contribution in [2.45, 2.75) is 39.2 Å². The third-order valence-corrected chi connectivity index (χ3v) is 4.03. The second kappa shape index (κ2) is 7.40. The van der Waals surface area contributed by atoms with Crippen LogP contribution < -0.4 is 16.6 Å². The summed E-state index contributed by atoms with van der Waals surface area (Å²) in [5.74, 6) is 0.822. The Hall–Kier alpha value is -1.89. The number of aromatic amines is 1. The fourth-order valence-electron chi connectivity index (χ4n) is 2.78. The Morgan fingerprint density at radius 3 is 3.05 bits per heavy atom. The summed E-state index contributed by atoms with van der Waals surface area (Å²) in [5, 5.41) is 2.93. The zero-order valence-corrected chi connectivity index (χ0v) is 13.3. The number of aromatic nitrogens is 2. The molecule has 1 amide bonds. The number of piperidine rings is 1. The number of rotatable bonds is 5. The normalized spacial score (nSPS) is 19.3. The average molecular weight is 307 g/mol. The molecule has 4 N–H and O–H groups in total. The van der Waals surface area contributed by atoms with Crippen LogP contribution in [0.5, 0.6) is 0 Å². The summed E-state index contributed by atoms with van der Waals surface area (Å²) in [6.07, 6.45) is 2.45. The Bertz CT molecular complexity index is 569. The van der Waals surface area contributed by atoms with Crippen LogP contribution in [0.25, 0.3) is 0 Å². The lowest BCUT2D eigenvalue weighted by Crippen LogP contribution is -2.45. The zero-order valence-electron chi connectivity index (χ0n) is 13.3. The van der Waals surface area contributed by atoms with E-state index in [2.05, 4.69) is 34.0 Å². The van der Waals surface area contributed by atoms with Gasteiger partial charge in [-0.2, -0.15) is 0 Å². The van der Waals surface area contributed by atoms with Crippen LogP contribution in [-0.2, 0) is 11.2 Å². The fourth-order valence-corrected chi connectivity index (χ4v) is 2.78. The Kier molecular flexibility index (Phi) is 5.54. The first kappa shape index (κ1) is 16.5. The van der Waals surface area contributed by atoms with Gasteiger partial charge in [0.05, 0.1) is 5.92 Å². The van der Waals surface area contributed by atoms with Crippen molar-refractivity contribution in [2.24, 2.45) is 5.92 Å². The van der Waals surface area contributed by atoms with Crippen molar-refractivity contribution in [3.05, 3.63) is 22.2 Å². The molecule has 1 aromatic rings. The molecule has 2 heterocycles. The van der Waals surface area contributed by atoms with Gasteiger partial charge < -0.3 is 20.9 Å². The maximum atomic E-state index is 12.2. The Morgan fingerprint density at radius 1 is 1.59 bits per heavy atom. The van der Waals surface area contributed by atoms with Crippen LogP contribution in [0.4, 0.5) is 5.82 Å². The van der Waals surface area contributed by atoms with E-state index in [4.69, 9.17) is 5.73 Å². The lowest BCUT2D eigenvalue weighted by atomic mass is 9.96. The minimum Gasteiger partial charge on any atom is -0.383 e. The van der Waals surface area contributed by atoms with Gasteiger partial charge in [0.15, 0.2) is 0 Å². The number of likely N-dealkylation sites (tertiary alicyclic amines) is 1. The molecule has 0 spiro atoms. The molecule has 7 heteroatoms. The zero-order chi connectivity index (χ0) is 16.1. The standard InChI is InChI=1S/C15H25N5O2/c1-10(2)20-7-3-4-11(9-20)15(22)17-6-5-13-18-12(16)8-14(21)19-13/h8,10-11H,3-7,9H2,1-2H3,(H,17,22)(H3,16,18,19,21)/t11-/m0/s1. The summed E-state index contributed by atoms with van der Waals surface area (Å²) in [7, 11) is 0. The number of H-pyrrole nitrogens is 1. The van der Waals surface area contributed by atoms with Gasteiger partial charge in [0.1, 0.15) is 11.6 Å². The van der Waals surface area contributed by atoms with Gasteiger partial charge in [0, 0.05) is 31.6 Å². The molecule has 0 bridgehead atoms. The topological polar surface area (TPSA) is 104 Å². The molecule has 1 atom stereocenters. The Labute approximate surface area is 130 Å². The SMILES string of the molecule is CC(C)N1CCC[C@H](C(=O)NCCc2nc(N)cc(=O)[nH]2)C1. The van der Waals surface area contributed by atoms with E-state index in [0.717, 1.165) is 25.9 Å². The van der Waals surface area contributed by atoms with Crippen LogP contribution in [0, 0.1) is 5.92 Å². The van der Waals surface area contributed by atoms with E-state index in [1.165, 1.54) is 6.07 Å². The molecule has 7 nitrogen and oxygen atoms in total. The molecule has 0 saturated carbocycles. The number of nitrogens with one attached hydrogen (secondary N) is 2. The van der Waals surface area contributed by atoms with Crippen molar-refractivity contribution in [1.82, 2.24) is 20.2 Å². The van der Waals surface area contributed by atoms with E-state index >= 15 is 0 Å². The van der Waals surface area contributed by atoms with E-state index in [1.54, 1.807) is 0 Å². The Balaban J connectivity index is 1.81. The number of hydrogen-bond donors (Lipinski definition) is 3.